The Morgan fingerprint density at radius 2 is 2.07 bits per heavy atom. The van der Waals surface area contributed by atoms with Crippen LogP contribution < -0.4 is 16.0 Å². The lowest BCUT2D eigenvalue weighted by Crippen LogP contribution is -2.38. The lowest BCUT2D eigenvalue weighted by molar-refractivity contribution is -0.132. The zero-order valence-electron chi connectivity index (χ0n) is 15.6. The molecule has 10 heteroatoms. The molecule has 1 amide bonds. The first kappa shape index (κ1) is 24.5. The fraction of sp³-hybridized carbons (Fsp3) is 0.556. The minimum Gasteiger partial charge on any atom is -0.376 e. The van der Waals surface area contributed by atoms with Gasteiger partial charge in [0.2, 0.25) is 0 Å². The number of hydrogen-bond donors (Lipinski definition) is 3. The van der Waals surface area contributed by atoms with Crippen molar-refractivity contribution in [2.24, 2.45) is 4.99 Å². The number of halogens is 4. The van der Waals surface area contributed by atoms with E-state index in [9.17, 15) is 18.0 Å². The molecule has 1 unspecified atom stereocenters. The molecule has 6 nitrogen and oxygen atoms in total. The summed E-state index contributed by atoms with van der Waals surface area (Å²) in [4.78, 5) is 16.1. The number of alkyl halides is 3. The molecular weight excluding hydrogens is 488 g/mol. The predicted molar refractivity (Wildman–Crippen MR) is 112 cm³/mol. The van der Waals surface area contributed by atoms with Crippen LogP contribution in [0.5, 0.6) is 0 Å². The summed E-state index contributed by atoms with van der Waals surface area (Å²) in [5.41, 5.74) is 1.34. The first-order chi connectivity index (χ1) is 12.9. The highest BCUT2D eigenvalue weighted by atomic mass is 127. The second-order valence-corrected chi connectivity index (χ2v) is 6.26. The highest BCUT2D eigenvalue weighted by Crippen LogP contribution is 2.18. The molecule has 2 rings (SSSR count). The number of carbonyl (C=O) groups is 1. The number of carbonyl (C=O) groups excluding carboxylic acids is 1. The molecule has 0 saturated carbocycles. The summed E-state index contributed by atoms with van der Waals surface area (Å²) >= 11 is 0. The zero-order chi connectivity index (χ0) is 19.7. The monoisotopic (exact) mass is 514 g/mol. The number of benzene rings is 1. The van der Waals surface area contributed by atoms with Gasteiger partial charge in [0, 0.05) is 38.9 Å². The van der Waals surface area contributed by atoms with Gasteiger partial charge in [-0.25, -0.2) is 0 Å². The first-order valence-corrected chi connectivity index (χ1v) is 8.87. The lowest BCUT2D eigenvalue weighted by Gasteiger charge is -2.14. The Labute approximate surface area is 179 Å². The summed E-state index contributed by atoms with van der Waals surface area (Å²) in [5, 5.41) is 8.40. The number of amides is 1. The van der Waals surface area contributed by atoms with Crippen molar-refractivity contribution >= 4 is 35.8 Å². The van der Waals surface area contributed by atoms with E-state index in [-0.39, 0.29) is 48.5 Å². The van der Waals surface area contributed by atoms with E-state index < -0.39 is 12.6 Å². The quantitative estimate of drug-likeness (QED) is 0.298. The summed E-state index contributed by atoms with van der Waals surface area (Å²) in [7, 11) is 1.48. The molecule has 1 aromatic carbocycles. The average Bonchev–Trinajstić information content (AvgIpc) is 3.15. The van der Waals surface area contributed by atoms with Crippen LogP contribution in [0.4, 0.5) is 13.2 Å². The van der Waals surface area contributed by atoms with Crippen LogP contribution in [0.15, 0.2) is 29.3 Å². The maximum atomic E-state index is 12.3. The molecule has 0 radical (unpaired) electrons. The fourth-order valence-corrected chi connectivity index (χ4v) is 2.67. The topological polar surface area (TPSA) is 74.8 Å². The summed E-state index contributed by atoms with van der Waals surface area (Å²) in [5.74, 6) is 0.0903. The van der Waals surface area contributed by atoms with Crippen molar-refractivity contribution in [3.8, 4) is 0 Å². The van der Waals surface area contributed by atoms with E-state index in [0.29, 0.717) is 18.7 Å². The fourth-order valence-electron chi connectivity index (χ4n) is 2.67. The van der Waals surface area contributed by atoms with Gasteiger partial charge >= 0.3 is 6.18 Å². The highest BCUT2D eigenvalue weighted by Gasteiger charge is 2.26. The van der Waals surface area contributed by atoms with Crippen LogP contribution in [0.3, 0.4) is 0 Å². The Balaban J connectivity index is 0.00000392. The van der Waals surface area contributed by atoms with Crippen molar-refractivity contribution in [3.05, 3.63) is 35.4 Å². The number of ether oxygens (including phenoxy) is 1. The van der Waals surface area contributed by atoms with Crippen molar-refractivity contribution in [1.82, 2.24) is 16.0 Å². The summed E-state index contributed by atoms with van der Waals surface area (Å²) in [6, 6.07) is 7.04. The van der Waals surface area contributed by atoms with E-state index in [1.807, 2.05) is 6.07 Å². The van der Waals surface area contributed by atoms with Crippen LogP contribution in [0.1, 0.15) is 35.2 Å². The maximum absolute atomic E-state index is 12.3. The largest absolute Gasteiger partial charge is 0.390 e. The number of nitrogens with zero attached hydrogens (tertiary/aromatic N) is 1. The van der Waals surface area contributed by atoms with Gasteiger partial charge in [0.25, 0.3) is 5.91 Å². The second-order valence-electron chi connectivity index (χ2n) is 6.26. The number of rotatable bonds is 7. The molecule has 3 N–H and O–H groups in total. The van der Waals surface area contributed by atoms with E-state index in [1.54, 1.807) is 18.2 Å². The van der Waals surface area contributed by atoms with Crippen LogP contribution in [0.2, 0.25) is 0 Å². The van der Waals surface area contributed by atoms with Crippen molar-refractivity contribution < 1.29 is 22.7 Å². The Hall–Kier alpha value is -1.56. The van der Waals surface area contributed by atoms with Gasteiger partial charge in [0.05, 0.1) is 12.5 Å². The molecule has 1 aliphatic rings. The minimum absolute atomic E-state index is 0. The highest BCUT2D eigenvalue weighted by molar-refractivity contribution is 14.0. The standard InChI is InChI=1S/C18H25F3N4O2.HI/c1-22-17(23-8-7-18(19,20)21)25-11-13-4-2-5-14(10-13)16(26)24-12-15-6-3-9-27-15;/h2,4-5,10,15H,3,6-9,11-12H2,1H3,(H,24,26)(H2,22,23,25);1H. The number of guanidine groups is 1. The van der Waals surface area contributed by atoms with Gasteiger partial charge in [-0.1, -0.05) is 12.1 Å². The van der Waals surface area contributed by atoms with E-state index in [1.165, 1.54) is 7.05 Å². The molecule has 158 valence electrons. The van der Waals surface area contributed by atoms with Crippen LogP contribution in [-0.4, -0.2) is 50.9 Å². The molecule has 28 heavy (non-hydrogen) atoms. The maximum Gasteiger partial charge on any atom is 0.390 e. The summed E-state index contributed by atoms with van der Waals surface area (Å²) in [6.07, 6.45) is -3.11. The van der Waals surface area contributed by atoms with Crippen molar-refractivity contribution in [3.63, 3.8) is 0 Å². The van der Waals surface area contributed by atoms with Gasteiger partial charge in [0.1, 0.15) is 0 Å². The smallest absolute Gasteiger partial charge is 0.376 e. The van der Waals surface area contributed by atoms with Crippen molar-refractivity contribution in [2.45, 2.75) is 38.1 Å². The van der Waals surface area contributed by atoms with Crippen LogP contribution in [0, 0.1) is 0 Å². The molecule has 1 aliphatic heterocycles. The van der Waals surface area contributed by atoms with Gasteiger partial charge in [-0.15, -0.1) is 24.0 Å². The molecule has 0 aliphatic carbocycles. The molecule has 0 aromatic heterocycles. The first-order valence-electron chi connectivity index (χ1n) is 8.87. The van der Waals surface area contributed by atoms with E-state index in [4.69, 9.17) is 4.74 Å². The number of aliphatic imine (C=N–C) groups is 1. The minimum atomic E-state index is -4.21. The molecule has 0 bridgehead atoms. The van der Waals surface area contributed by atoms with Crippen molar-refractivity contribution in [2.75, 3.05) is 26.7 Å². The Morgan fingerprint density at radius 1 is 1.29 bits per heavy atom. The zero-order valence-corrected chi connectivity index (χ0v) is 18.0. The van der Waals surface area contributed by atoms with E-state index in [0.717, 1.165) is 25.0 Å². The molecular formula is C18H26F3IN4O2. The Morgan fingerprint density at radius 3 is 2.71 bits per heavy atom. The van der Waals surface area contributed by atoms with Gasteiger partial charge in [0.15, 0.2) is 5.96 Å². The third-order valence-electron chi connectivity index (χ3n) is 4.09. The van der Waals surface area contributed by atoms with Gasteiger partial charge in [-0.2, -0.15) is 13.2 Å². The van der Waals surface area contributed by atoms with Gasteiger partial charge < -0.3 is 20.7 Å². The summed E-state index contributed by atoms with van der Waals surface area (Å²) in [6.45, 7) is 1.30. The number of nitrogens with one attached hydrogen (secondary N) is 3. The second kappa shape index (κ2) is 12.1. The third-order valence-corrected chi connectivity index (χ3v) is 4.09. The molecule has 1 atom stereocenters. The SMILES string of the molecule is CN=C(NCCC(F)(F)F)NCc1cccc(C(=O)NCC2CCCO2)c1.I. The van der Waals surface area contributed by atoms with Gasteiger partial charge in [-0.05, 0) is 30.5 Å². The Kier molecular flexibility index (Phi) is 10.6. The van der Waals surface area contributed by atoms with Crippen LogP contribution >= 0.6 is 24.0 Å². The molecule has 1 aromatic rings. The third kappa shape index (κ3) is 9.09. The average molecular weight is 514 g/mol. The Bertz CT molecular complexity index is 650. The normalized spacial score (nSPS) is 17.0. The lowest BCUT2D eigenvalue weighted by atomic mass is 10.1. The van der Waals surface area contributed by atoms with E-state index in [2.05, 4.69) is 20.9 Å². The molecule has 1 heterocycles. The van der Waals surface area contributed by atoms with Crippen molar-refractivity contribution in [1.29, 1.82) is 0 Å². The number of hydrogen-bond acceptors (Lipinski definition) is 3. The molecule has 1 fully saturated rings. The predicted octanol–water partition coefficient (Wildman–Crippen LogP) is 2.83. The summed E-state index contributed by atoms with van der Waals surface area (Å²) < 4.78 is 42.1. The molecule has 0 spiro atoms. The van der Waals surface area contributed by atoms with Crippen LogP contribution in [-0.2, 0) is 11.3 Å². The van der Waals surface area contributed by atoms with E-state index >= 15 is 0 Å². The van der Waals surface area contributed by atoms with Crippen LogP contribution in [0.25, 0.3) is 0 Å². The van der Waals surface area contributed by atoms with Gasteiger partial charge in [-0.3, -0.25) is 9.79 Å². The molecule has 1 saturated heterocycles.